The van der Waals surface area contributed by atoms with Crippen LogP contribution in [0.4, 0.5) is 11.6 Å². The van der Waals surface area contributed by atoms with Crippen LogP contribution in [-0.2, 0) is 11.3 Å². The minimum absolute atomic E-state index is 0.110. The van der Waals surface area contributed by atoms with Crippen molar-refractivity contribution in [3.05, 3.63) is 33.9 Å². The van der Waals surface area contributed by atoms with Gasteiger partial charge in [-0.05, 0) is 37.7 Å². The van der Waals surface area contributed by atoms with Crippen LogP contribution in [0.15, 0.2) is 28.3 Å². The van der Waals surface area contributed by atoms with Gasteiger partial charge in [0.15, 0.2) is 10.9 Å². The minimum atomic E-state index is -0.482. The Morgan fingerprint density at radius 1 is 1.35 bits per heavy atom. The second-order valence-electron chi connectivity index (χ2n) is 5.72. The van der Waals surface area contributed by atoms with Crippen LogP contribution >= 0.6 is 11.8 Å². The Hall–Kier alpha value is -2.46. The van der Waals surface area contributed by atoms with Gasteiger partial charge in [0.2, 0.25) is 5.95 Å². The monoisotopic (exact) mass is 377 g/mol. The summed E-state index contributed by atoms with van der Waals surface area (Å²) in [4.78, 5) is 24.9. The lowest BCUT2D eigenvalue weighted by molar-refractivity contribution is -0.387. The van der Waals surface area contributed by atoms with Gasteiger partial charge in [0.1, 0.15) is 0 Å². The number of rotatable bonds is 6. The molecule has 1 saturated heterocycles. The number of morpholine rings is 1. The Morgan fingerprint density at radius 2 is 2.08 bits per heavy atom. The van der Waals surface area contributed by atoms with E-state index < -0.39 is 4.92 Å². The summed E-state index contributed by atoms with van der Waals surface area (Å²) >= 11 is 1.18. The highest BCUT2D eigenvalue weighted by Gasteiger charge is 2.23. The number of anilines is 1. The van der Waals surface area contributed by atoms with Crippen molar-refractivity contribution < 1.29 is 14.5 Å². The van der Waals surface area contributed by atoms with Gasteiger partial charge in [0.05, 0.1) is 23.0 Å². The summed E-state index contributed by atoms with van der Waals surface area (Å²) in [6.07, 6.45) is 0. The highest BCUT2D eigenvalue weighted by Crippen LogP contribution is 2.36. The third kappa shape index (κ3) is 3.70. The molecule has 3 rings (SSSR count). The Labute approximate surface area is 154 Å². The summed E-state index contributed by atoms with van der Waals surface area (Å²) in [5, 5.41) is 20.5. The fourth-order valence-electron chi connectivity index (χ4n) is 2.69. The standard InChI is InChI=1S/C16H19N5O4S/c1-3-20-15(19-6-8-25-9-7-19)17-18-16(20)26-14-5-4-12(11(2)22)10-13(14)21(23)24/h4-5,10H,3,6-9H2,1-2H3. The van der Waals surface area contributed by atoms with Crippen molar-refractivity contribution in [1.29, 1.82) is 0 Å². The fourth-order valence-corrected chi connectivity index (χ4v) is 3.67. The molecule has 0 atom stereocenters. The normalized spacial score (nSPS) is 14.5. The molecule has 1 aliphatic heterocycles. The topological polar surface area (TPSA) is 103 Å². The van der Waals surface area contributed by atoms with E-state index in [1.165, 1.54) is 24.8 Å². The van der Waals surface area contributed by atoms with Gasteiger partial charge in [0, 0.05) is 31.3 Å². The zero-order valence-electron chi connectivity index (χ0n) is 14.5. The molecule has 0 spiro atoms. The summed E-state index contributed by atoms with van der Waals surface area (Å²) in [6.45, 7) is 6.74. The van der Waals surface area contributed by atoms with E-state index in [0.29, 0.717) is 35.4 Å². The van der Waals surface area contributed by atoms with E-state index in [2.05, 4.69) is 15.1 Å². The largest absolute Gasteiger partial charge is 0.378 e. The van der Waals surface area contributed by atoms with E-state index in [1.807, 2.05) is 11.5 Å². The van der Waals surface area contributed by atoms with Crippen LogP contribution in [0, 0.1) is 10.1 Å². The second-order valence-corrected chi connectivity index (χ2v) is 6.73. The number of nitro benzene ring substituents is 1. The van der Waals surface area contributed by atoms with E-state index in [1.54, 1.807) is 12.1 Å². The van der Waals surface area contributed by atoms with Crippen LogP contribution in [0.2, 0.25) is 0 Å². The molecule has 26 heavy (non-hydrogen) atoms. The van der Waals surface area contributed by atoms with Crippen LogP contribution in [0.5, 0.6) is 0 Å². The van der Waals surface area contributed by atoms with Gasteiger partial charge in [0.25, 0.3) is 5.69 Å². The minimum Gasteiger partial charge on any atom is -0.378 e. The van der Waals surface area contributed by atoms with Crippen LogP contribution in [0.25, 0.3) is 0 Å². The van der Waals surface area contributed by atoms with Crippen molar-refractivity contribution in [2.75, 3.05) is 31.2 Å². The Bertz CT molecular complexity index is 832. The van der Waals surface area contributed by atoms with Gasteiger partial charge in [-0.25, -0.2) is 0 Å². The van der Waals surface area contributed by atoms with E-state index in [-0.39, 0.29) is 11.5 Å². The van der Waals surface area contributed by atoms with Crippen molar-refractivity contribution in [3.63, 3.8) is 0 Å². The first-order valence-electron chi connectivity index (χ1n) is 8.24. The van der Waals surface area contributed by atoms with Gasteiger partial charge >= 0.3 is 0 Å². The van der Waals surface area contributed by atoms with E-state index in [9.17, 15) is 14.9 Å². The molecule has 0 N–H and O–H groups in total. The molecule has 0 unspecified atom stereocenters. The maximum atomic E-state index is 11.5. The highest BCUT2D eigenvalue weighted by molar-refractivity contribution is 7.99. The molecule has 0 radical (unpaired) electrons. The number of nitro groups is 1. The van der Waals surface area contributed by atoms with Crippen LogP contribution in [0.3, 0.4) is 0 Å². The first-order valence-corrected chi connectivity index (χ1v) is 9.06. The first kappa shape index (κ1) is 18.3. The molecule has 0 saturated carbocycles. The zero-order valence-corrected chi connectivity index (χ0v) is 15.4. The first-order chi connectivity index (χ1) is 12.5. The van der Waals surface area contributed by atoms with E-state index in [4.69, 9.17) is 4.74 Å². The van der Waals surface area contributed by atoms with Gasteiger partial charge in [-0.1, -0.05) is 0 Å². The molecule has 1 aromatic heterocycles. The maximum absolute atomic E-state index is 11.5. The molecular weight excluding hydrogens is 358 g/mol. The van der Waals surface area contributed by atoms with Gasteiger partial charge in [-0.2, -0.15) is 0 Å². The summed E-state index contributed by atoms with van der Waals surface area (Å²) < 4.78 is 7.29. The predicted octanol–water partition coefficient (Wildman–Crippen LogP) is 2.40. The van der Waals surface area contributed by atoms with Crippen molar-refractivity contribution in [3.8, 4) is 0 Å². The Balaban J connectivity index is 1.92. The average Bonchev–Trinajstić information content (AvgIpc) is 3.05. The van der Waals surface area contributed by atoms with Gasteiger partial charge < -0.3 is 9.64 Å². The van der Waals surface area contributed by atoms with Crippen LogP contribution in [-0.4, -0.2) is 51.8 Å². The number of ketones is 1. The SMILES string of the molecule is CCn1c(Sc2ccc(C(C)=O)cc2[N+](=O)[O-])nnc1N1CCOCC1. The Morgan fingerprint density at radius 3 is 2.69 bits per heavy atom. The number of nitrogens with zero attached hydrogens (tertiary/aromatic N) is 5. The number of hydrogen-bond donors (Lipinski definition) is 0. The zero-order chi connectivity index (χ0) is 18.7. The molecule has 2 aromatic rings. The lowest BCUT2D eigenvalue weighted by atomic mass is 10.1. The predicted molar refractivity (Wildman–Crippen MR) is 96.0 cm³/mol. The fraction of sp³-hybridized carbons (Fsp3) is 0.438. The molecule has 1 fully saturated rings. The second kappa shape index (κ2) is 7.83. The highest BCUT2D eigenvalue weighted by atomic mass is 32.2. The third-order valence-electron chi connectivity index (χ3n) is 4.07. The summed E-state index contributed by atoms with van der Waals surface area (Å²) in [7, 11) is 0. The molecule has 1 aromatic carbocycles. The molecule has 2 heterocycles. The van der Waals surface area contributed by atoms with Gasteiger partial charge in [-0.15, -0.1) is 10.2 Å². The van der Waals surface area contributed by atoms with Crippen molar-refractivity contribution in [2.45, 2.75) is 30.4 Å². The lowest BCUT2D eigenvalue weighted by Crippen LogP contribution is -2.38. The number of hydrogen-bond acceptors (Lipinski definition) is 8. The number of ether oxygens (including phenoxy) is 1. The smallest absolute Gasteiger partial charge is 0.284 e. The van der Waals surface area contributed by atoms with Gasteiger partial charge in [-0.3, -0.25) is 19.5 Å². The molecule has 0 amide bonds. The molecule has 10 heteroatoms. The Kier molecular flexibility index (Phi) is 5.52. The molecule has 9 nitrogen and oxygen atoms in total. The summed E-state index contributed by atoms with van der Waals surface area (Å²) in [5.74, 6) is 0.525. The number of Topliss-reactive ketones (excluding diaryl/α,β-unsaturated/α-hetero) is 1. The lowest BCUT2D eigenvalue weighted by Gasteiger charge is -2.27. The number of carbonyl (C=O) groups is 1. The molecule has 1 aliphatic rings. The number of benzene rings is 1. The number of carbonyl (C=O) groups excluding carboxylic acids is 1. The quantitative estimate of drug-likeness (QED) is 0.429. The summed E-state index contributed by atoms with van der Waals surface area (Å²) in [5.41, 5.74) is 0.202. The van der Waals surface area contributed by atoms with Crippen LogP contribution < -0.4 is 4.90 Å². The number of aromatic nitrogens is 3. The van der Waals surface area contributed by atoms with E-state index in [0.717, 1.165) is 19.0 Å². The maximum Gasteiger partial charge on any atom is 0.284 e. The van der Waals surface area contributed by atoms with Crippen molar-refractivity contribution in [2.24, 2.45) is 0 Å². The average molecular weight is 377 g/mol. The summed E-state index contributed by atoms with van der Waals surface area (Å²) in [6, 6.07) is 4.48. The molecular formula is C16H19N5O4S. The van der Waals surface area contributed by atoms with E-state index >= 15 is 0 Å². The molecule has 0 bridgehead atoms. The van der Waals surface area contributed by atoms with Crippen molar-refractivity contribution >= 4 is 29.2 Å². The molecule has 0 aliphatic carbocycles. The van der Waals surface area contributed by atoms with Crippen LogP contribution in [0.1, 0.15) is 24.2 Å². The third-order valence-corrected chi connectivity index (χ3v) is 5.12. The molecule has 138 valence electrons. The van der Waals surface area contributed by atoms with Crippen molar-refractivity contribution in [1.82, 2.24) is 14.8 Å².